The largest absolute Gasteiger partial charge is 0.494 e. The summed E-state index contributed by atoms with van der Waals surface area (Å²) in [7, 11) is 1.25. The highest BCUT2D eigenvalue weighted by Gasteiger charge is 2.16. The van der Waals surface area contributed by atoms with Crippen LogP contribution in [0.4, 0.5) is 4.79 Å². The molecule has 0 fully saturated rings. The number of amides is 1. The third-order valence-electron chi connectivity index (χ3n) is 3.10. The fraction of sp³-hybridized carbons (Fsp3) is 0.500. The van der Waals surface area contributed by atoms with E-state index >= 15 is 0 Å². The molecule has 0 radical (unpaired) electrons. The Kier molecular flexibility index (Phi) is 7.81. The van der Waals surface area contributed by atoms with Crippen molar-refractivity contribution in [3.63, 3.8) is 0 Å². The van der Waals surface area contributed by atoms with Gasteiger partial charge < -0.3 is 19.9 Å². The van der Waals surface area contributed by atoms with Gasteiger partial charge in [-0.3, -0.25) is 4.79 Å². The third kappa shape index (κ3) is 6.97. The second-order valence-electron chi connectivity index (χ2n) is 4.98. The molecule has 6 heteroatoms. The third-order valence-corrected chi connectivity index (χ3v) is 3.10. The van der Waals surface area contributed by atoms with Crippen molar-refractivity contribution < 1.29 is 24.2 Å². The monoisotopic (exact) mass is 309 g/mol. The Bertz CT molecular complexity index is 472. The molecule has 0 aliphatic carbocycles. The molecule has 0 aromatic heterocycles. The van der Waals surface area contributed by atoms with E-state index in [4.69, 9.17) is 9.84 Å². The summed E-state index contributed by atoms with van der Waals surface area (Å²) in [5.74, 6) is -0.186. The molecule has 122 valence electrons. The Labute approximate surface area is 130 Å². The van der Waals surface area contributed by atoms with Crippen LogP contribution in [0.1, 0.15) is 31.7 Å². The highest BCUT2D eigenvalue weighted by Crippen LogP contribution is 2.15. The molecule has 0 aliphatic heterocycles. The van der Waals surface area contributed by atoms with Gasteiger partial charge in [0, 0.05) is 6.04 Å². The van der Waals surface area contributed by atoms with Gasteiger partial charge in [-0.1, -0.05) is 25.5 Å². The fourth-order valence-electron chi connectivity index (χ4n) is 1.95. The Morgan fingerprint density at radius 1 is 1.27 bits per heavy atom. The number of methoxy groups -OCH3 is 1. The number of hydrogen-bond acceptors (Lipinski definition) is 4. The number of aliphatic carboxylic acids is 1. The first-order chi connectivity index (χ1) is 10.5. The molecule has 6 nitrogen and oxygen atoms in total. The van der Waals surface area contributed by atoms with E-state index in [1.807, 2.05) is 24.3 Å². The fourth-order valence-corrected chi connectivity index (χ4v) is 1.95. The van der Waals surface area contributed by atoms with Crippen molar-refractivity contribution in [2.45, 2.75) is 38.6 Å². The first kappa shape index (κ1) is 17.8. The molecule has 1 rings (SSSR count). The second-order valence-corrected chi connectivity index (χ2v) is 4.98. The van der Waals surface area contributed by atoms with E-state index in [2.05, 4.69) is 17.0 Å². The van der Waals surface area contributed by atoms with Crippen molar-refractivity contribution in [2.24, 2.45) is 0 Å². The summed E-state index contributed by atoms with van der Waals surface area (Å²) in [4.78, 5) is 22.1. The van der Waals surface area contributed by atoms with Crippen molar-refractivity contribution in [3.05, 3.63) is 29.8 Å². The predicted molar refractivity (Wildman–Crippen MR) is 82.1 cm³/mol. The number of benzene rings is 1. The van der Waals surface area contributed by atoms with Gasteiger partial charge in [0.25, 0.3) is 0 Å². The highest BCUT2D eigenvalue weighted by atomic mass is 16.5. The average molecular weight is 309 g/mol. The van der Waals surface area contributed by atoms with Gasteiger partial charge in [0.1, 0.15) is 5.75 Å². The van der Waals surface area contributed by atoms with E-state index in [1.54, 1.807) is 0 Å². The van der Waals surface area contributed by atoms with E-state index in [9.17, 15) is 9.59 Å². The Hall–Kier alpha value is -2.24. The smallest absolute Gasteiger partial charge is 0.407 e. The number of carboxylic acids is 1. The lowest BCUT2D eigenvalue weighted by Gasteiger charge is -2.16. The number of unbranched alkanes of at least 4 members (excludes halogenated alkanes) is 1. The molecular formula is C16H23NO5. The van der Waals surface area contributed by atoms with Crippen molar-refractivity contribution in [1.82, 2.24) is 5.32 Å². The lowest BCUT2D eigenvalue weighted by molar-refractivity contribution is -0.137. The first-order valence-corrected chi connectivity index (χ1v) is 7.33. The minimum absolute atomic E-state index is 0.163. The lowest BCUT2D eigenvalue weighted by atomic mass is 10.0. The Morgan fingerprint density at radius 2 is 1.95 bits per heavy atom. The molecule has 0 saturated heterocycles. The van der Waals surface area contributed by atoms with Gasteiger partial charge >= 0.3 is 12.1 Å². The molecule has 0 saturated carbocycles. The number of rotatable bonds is 9. The van der Waals surface area contributed by atoms with Gasteiger partial charge in [-0.05, 0) is 30.5 Å². The van der Waals surface area contributed by atoms with E-state index < -0.39 is 18.1 Å². The molecule has 1 aromatic carbocycles. The van der Waals surface area contributed by atoms with Crippen LogP contribution in [0, 0.1) is 0 Å². The number of carbonyl (C=O) groups is 2. The molecule has 2 N–H and O–H groups in total. The SMILES string of the molecule is CCCCOc1ccc(C[C@@H](CC(=O)O)NC(=O)OC)cc1. The summed E-state index contributed by atoms with van der Waals surface area (Å²) in [6.07, 6.45) is 1.70. The normalized spacial score (nSPS) is 11.5. The van der Waals surface area contributed by atoms with E-state index in [0.29, 0.717) is 13.0 Å². The minimum atomic E-state index is -0.971. The zero-order chi connectivity index (χ0) is 16.4. The van der Waals surface area contributed by atoms with Crippen molar-refractivity contribution in [1.29, 1.82) is 0 Å². The van der Waals surface area contributed by atoms with Gasteiger partial charge in [0.05, 0.1) is 20.1 Å². The molecule has 1 amide bonds. The van der Waals surface area contributed by atoms with Gasteiger partial charge in [-0.2, -0.15) is 0 Å². The van der Waals surface area contributed by atoms with Crippen LogP contribution in [0.15, 0.2) is 24.3 Å². The number of carboxylic acid groups (broad SMARTS) is 1. The van der Waals surface area contributed by atoms with Gasteiger partial charge in [0.15, 0.2) is 0 Å². The molecule has 0 unspecified atom stereocenters. The maximum atomic E-state index is 11.2. The van der Waals surface area contributed by atoms with E-state index in [-0.39, 0.29) is 6.42 Å². The Morgan fingerprint density at radius 3 is 2.50 bits per heavy atom. The lowest BCUT2D eigenvalue weighted by Crippen LogP contribution is -2.37. The molecule has 0 spiro atoms. The van der Waals surface area contributed by atoms with Gasteiger partial charge in [-0.25, -0.2) is 4.79 Å². The average Bonchev–Trinajstić information content (AvgIpc) is 2.48. The maximum absolute atomic E-state index is 11.2. The Balaban J connectivity index is 2.60. The summed E-state index contributed by atoms with van der Waals surface area (Å²) in [5.41, 5.74) is 0.922. The van der Waals surface area contributed by atoms with Crippen molar-refractivity contribution >= 4 is 12.1 Å². The summed E-state index contributed by atoms with van der Waals surface area (Å²) < 4.78 is 10.1. The van der Waals surface area contributed by atoms with Crippen LogP contribution in [0.5, 0.6) is 5.75 Å². The minimum Gasteiger partial charge on any atom is -0.494 e. The highest BCUT2D eigenvalue weighted by molar-refractivity contribution is 5.71. The summed E-state index contributed by atoms with van der Waals surface area (Å²) in [6, 6.07) is 6.92. The van der Waals surface area contributed by atoms with Crippen LogP contribution < -0.4 is 10.1 Å². The van der Waals surface area contributed by atoms with Crippen LogP contribution in [0.25, 0.3) is 0 Å². The topological polar surface area (TPSA) is 84.9 Å². The predicted octanol–water partition coefficient (Wildman–Crippen LogP) is 2.61. The van der Waals surface area contributed by atoms with Crippen molar-refractivity contribution in [2.75, 3.05) is 13.7 Å². The van der Waals surface area contributed by atoms with Crippen molar-refractivity contribution in [3.8, 4) is 5.75 Å². The van der Waals surface area contributed by atoms with Crippen LogP contribution in [-0.4, -0.2) is 36.9 Å². The molecule has 1 aromatic rings. The maximum Gasteiger partial charge on any atom is 0.407 e. The number of nitrogens with one attached hydrogen (secondary N) is 1. The summed E-state index contributed by atoms with van der Waals surface area (Å²) in [5, 5.41) is 11.4. The van der Waals surface area contributed by atoms with Crippen LogP contribution in [0.2, 0.25) is 0 Å². The van der Waals surface area contributed by atoms with Crippen LogP contribution in [0.3, 0.4) is 0 Å². The number of carbonyl (C=O) groups excluding carboxylic acids is 1. The molecule has 0 heterocycles. The quantitative estimate of drug-likeness (QED) is 0.685. The molecule has 0 aliphatic rings. The summed E-state index contributed by atoms with van der Waals surface area (Å²) >= 11 is 0. The molecule has 22 heavy (non-hydrogen) atoms. The standard InChI is InChI=1S/C16H23NO5/c1-3-4-9-22-14-7-5-12(6-8-14)10-13(11-15(18)19)17-16(20)21-2/h5-8,13H,3-4,9-11H2,1-2H3,(H,17,20)(H,18,19)/t13-/m0/s1. The van der Waals surface area contributed by atoms with Gasteiger partial charge in [0.2, 0.25) is 0 Å². The van der Waals surface area contributed by atoms with Gasteiger partial charge in [-0.15, -0.1) is 0 Å². The van der Waals surface area contributed by atoms with E-state index in [0.717, 1.165) is 24.2 Å². The number of alkyl carbamates (subject to hydrolysis) is 1. The molecule has 1 atom stereocenters. The first-order valence-electron chi connectivity index (χ1n) is 7.33. The molecular weight excluding hydrogens is 286 g/mol. The number of hydrogen-bond donors (Lipinski definition) is 2. The zero-order valence-electron chi connectivity index (χ0n) is 13.0. The van der Waals surface area contributed by atoms with E-state index in [1.165, 1.54) is 7.11 Å². The second kappa shape index (κ2) is 9.65. The summed E-state index contributed by atoms with van der Waals surface area (Å²) in [6.45, 7) is 2.78. The number of ether oxygens (including phenoxy) is 2. The zero-order valence-corrected chi connectivity index (χ0v) is 13.0. The molecule has 0 bridgehead atoms. The van der Waals surface area contributed by atoms with Crippen LogP contribution >= 0.6 is 0 Å². The van der Waals surface area contributed by atoms with Crippen LogP contribution in [-0.2, 0) is 16.0 Å².